The highest BCUT2D eigenvalue weighted by Gasteiger charge is 2.37. The minimum Gasteiger partial charge on any atom is -0.349 e. The third-order valence-electron chi connectivity index (χ3n) is 10.2. The number of rotatable bonds is 10. The molecule has 2 atom stereocenters. The van der Waals surface area contributed by atoms with Crippen molar-refractivity contribution in [1.82, 2.24) is 19.8 Å². The van der Waals surface area contributed by atoms with Gasteiger partial charge in [0.05, 0.1) is 17.9 Å². The molecule has 0 spiro atoms. The number of aliphatic imine (C=N–C) groups is 2. The number of allylic oxidation sites excluding steroid dienone is 1. The number of guanidine groups is 1. The zero-order valence-corrected chi connectivity index (χ0v) is 32.6. The highest BCUT2D eigenvalue weighted by molar-refractivity contribution is 6.03. The van der Waals surface area contributed by atoms with E-state index in [9.17, 15) is 4.79 Å². The Morgan fingerprint density at radius 1 is 0.796 bits per heavy atom. The van der Waals surface area contributed by atoms with Gasteiger partial charge >= 0.3 is 0 Å². The summed E-state index contributed by atoms with van der Waals surface area (Å²) in [5, 5.41) is 0. The Hall–Kier alpha value is -4.00. The van der Waals surface area contributed by atoms with Crippen LogP contribution >= 0.6 is 0 Å². The van der Waals surface area contributed by atoms with Gasteiger partial charge in [0.25, 0.3) is 0 Å². The molecule has 0 fully saturated rings. The molecule has 1 aromatic heterocycles. The minimum absolute atomic E-state index is 0.00154. The normalized spacial score (nSPS) is 15.1. The number of ketones is 1. The third kappa shape index (κ3) is 8.78. The molecule has 7 nitrogen and oxygen atoms in total. The second-order valence-corrected chi connectivity index (χ2v) is 17.2. The molecule has 0 saturated carbocycles. The van der Waals surface area contributed by atoms with Crippen LogP contribution in [0.5, 0.6) is 0 Å². The summed E-state index contributed by atoms with van der Waals surface area (Å²) in [5.74, 6) is 2.38. The van der Waals surface area contributed by atoms with Crippen molar-refractivity contribution in [2.45, 2.75) is 94.0 Å². The minimum atomic E-state index is -0.371. The average molecular weight is 665 g/mol. The smallest absolute Gasteiger partial charge is 0.196 e. The molecular formula is C42H60N6O. The number of carbonyl (C=O) groups is 1. The first kappa shape index (κ1) is 37.8. The van der Waals surface area contributed by atoms with Crippen molar-refractivity contribution in [3.05, 3.63) is 72.3 Å². The van der Waals surface area contributed by atoms with E-state index < -0.39 is 0 Å². The average Bonchev–Trinajstić information content (AvgIpc) is 3.69. The molecule has 4 rings (SSSR count). The van der Waals surface area contributed by atoms with Crippen molar-refractivity contribution in [2.24, 2.45) is 32.1 Å². The van der Waals surface area contributed by atoms with E-state index in [2.05, 4.69) is 133 Å². The van der Waals surface area contributed by atoms with Crippen LogP contribution in [0.1, 0.15) is 99.4 Å². The first-order valence-electron chi connectivity index (χ1n) is 17.7. The predicted octanol–water partition coefficient (Wildman–Crippen LogP) is 9.59. The van der Waals surface area contributed by atoms with Crippen LogP contribution in [0.15, 0.2) is 70.9 Å². The number of hydrogen-bond donors (Lipinski definition) is 1. The highest BCUT2D eigenvalue weighted by Crippen LogP contribution is 2.41. The van der Waals surface area contributed by atoms with Crippen LogP contribution in [0.2, 0.25) is 0 Å². The van der Waals surface area contributed by atoms with Gasteiger partial charge in [-0.3, -0.25) is 9.79 Å². The Kier molecular flexibility index (Phi) is 11.2. The lowest BCUT2D eigenvalue weighted by molar-refractivity contribution is -0.130. The zero-order valence-electron chi connectivity index (χ0n) is 32.6. The number of carbonyl (C=O) groups excluding carboxylic acids is 1. The zero-order chi connectivity index (χ0) is 36.5. The summed E-state index contributed by atoms with van der Waals surface area (Å²) in [7, 11) is 8.13. The molecule has 1 aliphatic heterocycles. The molecule has 3 aromatic rings. The molecule has 2 aromatic carbocycles. The number of Topliss-reactive ketones (excluding diaryl/α,β-unsaturated/α-hetero) is 1. The number of benzene rings is 2. The fourth-order valence-corrected chi connectivity index (χ4v) is 6.27. The number of aromatic amines is 1. The number of hydrogen-bond acceptors (Lipinski definition) is 4. The molecule has 1 aliphatic rings. The highest BCUT2D eigenvalue weighted by atomic mass is 16.1. The lowest BCUT2D eigenvalue weighted by Gasteiger charge is -2.33. The first-order valence-corrected chi connectivity index (χ1v) is 17.7. The van der Waals surface area contributed by atoms with Gasteiger partial charge in [0.15, 0.2) is 5.96 Å². The van der Waals surface area contributed by atoms with Gasteiger partial charge in [-0.15, -0.1) is 0 Å². The summed E-state index contributed by atoms with van der Waals surface area (Å²) < 4.78 is 0. The van der Waals surface area contributed by atoms with E-state index in [4.69, 9.17) is 15.0 Å². The fraction of sp³-hybridized carbons (Fsp3) is 0.524. The van der Waals surface area contributed by atoms with E-state index >= 15 is 0 Å². The van der Waals surface area contributed by atoms with Crippen molar-refractivity contribution in [2.75, 3.05) is 28.2 Å². The summed E-state index contributed by atoms with van der Waals surface area (Å²) in [6.07, 6.45) is 5.18. The van der Waals surface area contributed by atoms with E-state index in [1.165, 1.54) is 11.1 Å². The van der Waals surface area contributed by atoms with Gasteiger partial charge in [-0.1, -0.05) is 118 Å². The van der Waals surface area contributed by atoms with Crippen LogP contribution in [0, 0.1) is 22.2 Å². The van der Waals surface area contributed by atoms with E-state index in [0.717, 1.165) is 46.3 Å². The van der Waals surface area contributed by atoms with Crippen LogP contribution in [0.4, 0.5) is 0 Å². The Labute approximate surface area is 296 Å². The van der Waals surface area contributed by atoms with Gasteiger partial charge in [-0.05, 0) is 44.6 Å². The number of imidazole rings is 1. The van der Waals surface area contributed by atoms with Gasteiger partial charge in [0.1, 0.15) is 11.6 Å². The van der Waals surface area contributed by atoms with Gasteiger partial charge in [-0.2, -0.15) is 0 Å². The van der Waals surface area contributed by atoms with E-state index in [1.807, 2.05) is 40.6 Å². The maximum atomic E-state index is 13.4. The maximum Gasteiger partial charge on any atom is 0.196 e. The molecule has 2 heterocycles. The second-order valence-electron chi connectivity index (χ2n) is 17.2. The molecule has 264 valence electrons. The van der Waals surface area contributed by atoms with Crippen LogP contribution in [0.3, 0.4) is 0 Å². The Morgan fingerprint density at radius 3 is 1.78 bits per heavy atom. The first-order chi connectivity index (χ1) is 22.7. The molecule has 7 heteroatoms. The standard InChI is InChI=1S/C42H60N6O/c1-27(2)42(9,10)36(49)24-33(40(3,4)5)38-44-26-35(45-38)31-21-19-29(20-22-31)28-15-17-30(18-16-28)32-23-34(43-25-32)37(41(6,7)8)46-39(47(11)12)48(13)14/h15-22,25-27,33,37H,23-24H2,1-14H3,(H,44,45)/t33-,37-/m1/s1. The molecule has 0 saturated heterocycles. The van der Waals surface area contributed by atoms with Gasteiger partial charge in [0, 0.05) is 64.3 Å². The SMILES string of the molecule is CC(C)C(C)(C)C(=O)C[C@H](c1ncc(-c2ccc(-c3ccc(C4=CN=C([C@@H](N=C(N(C)C)N(C)C)C(C)(C)C)C4)cc3)cc2)[nH]1)C(C)(C)C. The van der Waals surface area contributed by atoms with Crippen LogP contribution < -0.4 is 0 Å². The summed E-state index contributed by atoms with van der Waals surface area (Å²) in [5.41, 5.74) is 7.32. The molecule has 0 amide bonds. The topological polar surface area (TPSA) is 77.0 Å². The van der Waals surface area contributed by atoms with Crippen LogP contribution in [-0.4, -0.2) is 71.5 Å². The van der Waals surface area contributed by atoms with Crippen LogP contribution in [-0.2, 0) is 4.79 Å². The molecule has 0 bridgehead atoms. The number of H-pyrrole nitrogens is 1. The molecule has 0 radical (unpaired) electrons. The summed E-state index contributed by atoms with van der Waals surface area (Å²) >= 11 is 0. The lowest BCUT2D eigenvalue weighted by atomic mass is 9.70. The van der Waals surface area contributed by atoms with Crippen molar-refractivity contribution >= 4 is 23.0 Å². The molecular weight excluding hydrogens is 605 g/mol. The quantitative estimate of drug-likeness (QED) is 0.173. The largest absolute Gasteiger partial charge is 0.349 e. The number of nitrogens with one attached hydrogen (secondary N) is 1. The second kappa shape index (κ2) is 14.5. The Morgan fingerprint density at radius 2 is 1.31 bits per heavy atom. The van der Waals surface area contributed by atoms with Crippen molar-refractivity contribution in [1.29, 1.82) is 0 Å². The van der Waals surface area contributed by atoms with E-state index in [-0.39, 0.29) is 39.9 Å². The van der Waals surface area contributed by atoms with Crippen molar-refractivity contribution in [3.8, 4) is 22.4 Å². The van der Waals surface area contributed by atoms with E-state index in [0.29, 0.717) is 6.42 Å². The predicted molar refractivity (Wildman–Crippen MR) is 208 cm³/mol. The molecule has 0 unspecified atom stereocenters. The van der Waals surface area contributed by atoms with Crippen molar-refractivity contribution < 1.29 is 4.79 Å². The number of aromatic nitrogens is 2. The maximum absolute atomic E-state index is 13.4. The lowest BCUT2D eigenvalue weighted by Crippen LogP contribution is -2.40. The number of nitrogens with zero attached hydrogens (tertiary/aromatic N) is 5. The van der Waals surface area contributed by atoms with Gasteiger partial charge < -0.3 is 14.8 Å². The van der Waals surface area contributed by atoms with Crippen LogP contribution in [0.25, 0.3) is 28.0 Å². The van der Waals surface area contributed by atoms with E-state index in [1.54, 1.807) is 0 Å². The monoisotopic (exact) mass is 664 g/mol. The molecule has 0 aliphatic carbocycles. The third-order valence-corrected chi connectivity index (χ3v) is 10.2. The molecule has 49 heavy (non-hydrogen) atoms. The van der Waals surface area contributed by atoms with Gasteiger partial charge in [0.2, 0.25) is 0 Å². The van der Waals surface area contributed by atoms with Crippen molar-refractivity contribution in [3.63, 3.8) is 0 Å². The Bertz CT molecular complexity index is 1680. The fourth-order valence-electron chi connectivity index (χ4n) is 6.27. The molecule has 1 N–H and O–H groups in total. The summed E-state index contributed by atoms with van der Waals surface area (Å²) in [6, 6.07) is 17.4. The van der Waals surface area contributed by atoms with Gasteiger partial charge in [-0.25, -0.2) is 9.98 Å². The summed E-state index contributed by atoms with van der Waals surface area (Å²) in [6.45, 7) is 21.6. The summed E-state index contributed by atoms with van der Waals surface area (Å²) in [4.78, 5) is 35.9. The Balaban J connectivity index is 1.47.